The van der Waals surface area contributed by atoms with E-state index in [-0.39, 0.29) is 11.7 Å². The molecule has 0 atom stereocenters. The first kappa shape index (κ1) is 16.8. The molecule has 7 heteroatoms. The summed E-state index contributed by atoms with van der Waals surface area (Å²) in [5, 5.41) is 0.577. The number of halogens is 1. The molecule has 0 radical (unpaired) electrons. The highest BCUT2D eigenvalue weighted by Crippen LogP contribution is 2.29. The Bertz CT molecular complexity index is 861. The number of nitrogens with zero attached hydrogens (tertiary/aromatic N) is 1. The highest BCUT2D eigenvalue weighted by molar-refractivity contribution is 8.01. The zero-order valence-corrected chi connectivity index (χ0v) is 15.0. The number of para-hydroxylation sites is 1. The summed E-state index contributed by atoms with van der Waals surface area (Å²) in [4.78, 5) is 16.4. The minimum Gasteiger partial charge on any atom is -0.299 e. The molecule has 4 nitrogen and oxygen atoms in total. The molecular weight excluding hydrogens is 362 g/mol. The fourth-order valence-electron chi connectivity index (χ4n) is 1.99. The Hall–Kier alpha value is -2.02. The van der Waals surface area contributed by atoms with Crippen molar-refractivity contribution in [2.75, 3.05) is 5.75 Å². The fraction of sp³-hybridized carbons (Fsp3) is 0.0588. The number of carbonyl (C=O) groups is 1. The van der Waals surface area contributed by atoms with Crippen molar-refractivity contribution in [1.82, 2.24) is 15.8 Å². The summed E-state index contributed by atoms with van der Waals surface area (Å²) in [5.74, 6) is 0.107. The van der Waals surface area contributed by atoms with E-state index < -0.39 is 0 Å². The summed E-state index contributed by atoms with van der Waals surface area (Å²) >= 11 is 9.07. The molecule has 3 aromatic rings. The van der Waals surface area contributed by atoms with Crippen LogP contribution in [-0.2, 0) is 4.79 Å². The number of carbonyl (C=O) groups excluding carboxylic acids is 1. The lowest BCUT2D eigenvalue weighted by atomic mass is 10.2. The molecule has 1 amide bonds. The van der Waals surface area contributed by atoms with Crippen molar-refractivity contribution in [2.24, 2.45) is 0 Å². The molecule has 0 aliphatic carbocycles. The lowest BCUT2D eigenvalue weighted by molar-refractivity contribution is -0.119. The van der Waals surface area contributed by atoms with E-state index in [0.29, 0.717) is 10.7 Å². The van der Waals surface area contributed by atoms with Crippen LogP contribution in [0.25, 0.3) is 15.9 Å². The standard InChI is InChI=1S/C17H14ClN3OS2/c1-11(12-6-2-3-7-13(12)18)20-21-16(22)10-23-17-19-14-8-4-5-9-15(14)24-17/h2-9,20H,1,10H2,(H,21,22). The molecule has 3 rings (SSSR count). The molecule has 0 saturated heterocycles. The maximum Gasteiger partial charge on any atom is 0.248 e. The summed E-state index contributed by atoms with van der Waals surface area (Å²) in [7, 11) is 0. The van der Waals surface area contributed by atoms with Crippen LogP contribution >= 0.6 is 34.7 Å². The minimum absolute atomic E-state index is 0.160. The average molecular weight is 376 g/mol. The SMILES string of the molecule is C=C(NNC(=O)CSc1nc2ccccc2s1)c1ccccc1Cl. The first-order valence-electron chi connectivity index (χ1n) is 7.10. The van der Waals surface area contributed by atoms with E-state index in [1.165, 1.54) is 11.8 Å². The molecule has 2 N–H and O–H groups in total. The molecular formula is C17H14ClN3OS2. The van der Waals surface area contributed by atoms with Crippen molar-refractivity contribution in [2.45, 2.75) is 4.34 Å². The highest BCUT2D eigenvalue weighted by atomic mass is 35.5. The summed E-state index contributed by atoms with van der Waals surface area (Å²) in [6.07, 6.45) is 0. The third-order valence-corrected chi connectivity index (χ3v) is 5.66. The Morgan fingerprint density at radius 3 is 2.71 bits per heavy atom. The first-order valence-corrected chi connectivity index (χ1v) is 9.28. The van der Waals surface area contributed by atoms with E-state index in [4.69, 9.17) is 11.6 Å². The Balaban J connectivity index is 1.51. The van der Waals surface area contributed by atoms with Crippen molar-refractivity contribution in [1.29, 1.82) is 0 Å². The molecule has 0 aliphatic heterocycles. The Kier molecular flexibility index (Phi) is 5.40. The van der Waals surface area contributed by atoms with Crippen molar-refractivity contribution < 1.29 is 4.79 Å². The second kappa shape index (κ2) is 7.70. The molecule has 122 valence electrons. The second-order valence-electron chi connectivity index (χ2n) is 4.87. The molecule has 0 aliphatic rings. The van der Waals surface area contributed by atoms with Gasteiger partial charge in [0.15, 0.2) is 4.34 Å². The van der Waals surface area contributed by atoms with E-state index in [1.807, 2.05) is 42.5 Å². The van der Waals surface area contributed by atoms with Gasteiger partial charge < -0.3 is 0 Å². The molecule has 24 heavy (non-hydrogen) atoms. The molecule has 0 fully saturated rings. The van der Waals surface area contributed by atoms with Crippen LogP contribution in [0.2, 0.25) is 5.02 Å². The van der Waals surface area contributed by atoms with Crippen LogP contribution in [0.1, 0.15) is 5.56 Å². The van der Waals surface area contributed by atoms with Crippen LogP contribution in [0.5, 0.6) is 0 Å². The molecule has 1 heterocycles. The predicted octanol–water partition coefficient (Wildman–Crippen LogP) is 4.33. The number of thiazole rings is 1. The van der Waals surface area contributed by atoms with Gasteiger partial charge in [-0.15, -0.1) is 11.3 Å². The molecule has 0 bridgehead atoms. The van der Waals surface area contributed by atoms with E-state index >= 15 is 0 Å². The minimum atomic E-state index is -0.160. The van der Waals surface area contributed by atoms with Crippen LogP contribution < -0.4 is 10.9 Å². The number of hydrogen-bond acceptors (Lipinski definition) is 5. The molecule has 0 spiro atoms. The number of nitrogens with one attached hydrogen (secondary N) is 2. The summed E-state index contributed by atoms with van der Waals surface area (Å²) in [6.45, 7) is 3.88. The maximum absolute atomic E-state index is 12.0. The first-order chi connectivity index (χ1) is 11.6. The van der Waals surface area contributed by atoms with Gasteiger partial charge >= 0.3 is 0 Å². The van der Waals surface area contributed by atoms with Gasteiger partial charge in [0.1, 0.15) is 0 Å². The Labute approximate surface area is 152 Å². The number of amides is 1. The molecule has 2 aromatic carbocycles. The largest absolute Gasteiger partial charge is 0.299 e. The number of fused-ring (bicyclic) bond motifs is 1. The van der Waals surface area contributed by atoms with Crippen LogP contribution in [-0.4, -0.2) is 16.6 Å². The quantitative estimate of drug-likeness (QED) is 0.497. The zero-order chi connectivity index (χ0) is 16.9. The summed E-state index contributed by atoms with van der Waals surface area (Å²) in [6, 6.07) is 15.2. The number of benzene rings is 2. The normalized spacial score (nSPS) is 10.5. The maximum atomic E-state index is 12.0. The van der Waals surface area contributed by atoms with Crippen molar-refractivity contribution in [3.63, 3.8) is 0 Å². The summed E-state index contributed by atoms with van der Waals surface area (Å²) < 4.78 is 1.99. The van der Waals surface area contributed by atoms with E-state index in [1.54, 1.807) is 17.4 Å². The van der Waals surface area contributed by atoms with Crippen molar-refractivity contribution in [3.05, 3.63) is 65.7 Å². The van der Waals surface area contributed by atoms with Gasteiger partial charge in [0.05, 0.1) is 21.7 Å². The average Bonchev–Trinajstić information content (AvgIpc) is 3.01. The van der Waals surface area contributed by atoms with Crippen molar-refractivity contribution >= 4 is 56.5 Å². The van der Waals surface area contributed by atoms with Gasteiger partial charge in [-0.2, -0.15) is 0 Å². The van der Waals surface area contributed by atoms with Crippen LogP contribution in [0.15, 0.2) is 59.4 Å². The number of aromatic nitrogens is 1. The lowest BCUT2D eigenvalue weighted by Crippen LogP contribution is -2.37. The van der Waals surface area contributed by atoms with Gasteiger partial charge in [0.2, 0.25) is 5.91 Å². The predicted molar refractivity (Wildman–Crippen MR) is 102 cm³/mol. The molecule has 0 unspecified atom stereocenters. The Morgan fingerprint density at radius 1 is 1.17 bits per heavy atom. The van der Waals surface area contributed by atoms with Gasteiger partial charge in [-0.25, -0.2) is 4.98 Å². The van der Waals surface area contributed by atoms with E-state index in [9.17, 15) is 4.79 Å². The van der Waals surface area contributed by atoms with Crippen LogP contribution in [0.4, 0.5) is 0 Å². The third-order valence-electron chi connectivity index (χ3n) is 3.15. The smallest absolute Gasteiger partial charge is 0.248 e. The number of hydrazine groups is 1. The van der Waals surface area contributed by atoms with Gasteiger partial charge in [0, 0.05) is 10.6 Å². The van der Waals surface area contributed by atoms with Crippen LogP contribution in [0.3, 0.4) is 0 Å². The third kappa shape index (κ3) is 4.08. The molecule has 0 saturated carbocycles. The molecule has 1 aromatic heterocycles. The second-order valence-corrected chi connectivity index (χ2v) is 7.53. The van der Waals surface area contributed by atoms with E-state index in [0.717, 1.165) is 20.1 Å². The van der Waals surface area contributed by atoms with Gasteiger partial charge in [-0.3, -0.25) is 15.6 Å². The lowest BCUT2D eigenvalue weighted by Gasteiger charge is -2.11. The van der Waals surface area contributed by atoms with Gasteiger partial charge in [-0.05, 0) is 18.2 Å². The summed E-state index contributed by atoms with van der Waals surface area (Å²) in [5.41, 5.74) is 7.66. The fourth-order valence-corrected chi connectivity index (χ4v) is 4.11. The van der Waals surface area contributed by atoms with Crippen LogP contribution in [0, 0.1) is 0 Å². The number of rotatable bonds is 6. The van der Waals surface area contributed by atoms with Crippen molar-refractivity contribution in [3.8, 4) is 0 Å². The highest BCUT2D eigenvalue weighted by Gasteiger charge is 2.08. The van der Waals surface area contributed by atoms with Gasteiger partial charge in [-0.1, -0.05) is 60.3 Å². The number of thioether (sulfide) groups is 1. The van der Waals surface area contributed by atoms with Gasteiger partial charge in [0.25, 0.3) is 0 Å². The van der Waals surface area contributed by atoms with E-state index in [2.05, 4.69) is 22.4 Å². The topological polar surface area (TPSA) is 54.0 Å². The monoisotopic (exact) mass is 375 g/mol. The zero-order valence-electron chi connectivity index (χ0n) is 12.6. The Morgan fingerprint density at radius 2 is 1.92 bits per heavy atom. The number of hydrogen-bond donors (Lipinski definition) is 2.